The van der Waals surface area contributed by atoms with Gasteiger partial charge in [0.15, 0.2) is 0 Å². The van der Waals surface area contributed by atoms with E-state index in [0.717, 1.165) is 6.07 Å². The van der Waals surface area contributed by atoms with Gasteiger partial charge in [-0.15, -0.1) is 0 Å². The molecule has 0 saturated heterocycles. The number of hydrogen-bond acceptors (Lipinski definition) is 3. The maximum atomic E-state index is 13.5. The molecule has 0 aliphatic rings. The van der Waals surface area contributed by atoms with Crippen molar-refractivity contribution in [3.05, 3.63) is 58.9 Å². The number of anilines is 1. The van der Waals surface area contributed by atoms with Gasteiger partial charge in [-0.2, -0.15) is 0 Å². The molecule has 0 aliphatic carbocycles. The van der Waals surface area contributed by atoms with E-state index >= 15 is 0 Å². The van der Waals surface area contributed by atoms with Crippen LogP contribution in [0.15, 0.2) is 41.3 Å². The number of halogens is 1. The molecule has 0 amide bonds. The van der Waals surface area contributed by atoms with Crippen LogP contribution in [0.5, 0.6) is 0 Å². The van der Waals surface area contributed by atoms with E-state index in [1.807, 2.05) is 0 Å². The van der Waals surface area contributed by atoms with Crippen LogP contribution in [0.25, 0.3) is 0 Å². The van der Waals surface area contributed by atoms with Gasteiger partial charge in [0.2, 0.25) is 0 Å². The first kappa shape index (κ1) is 15.5. The molecule has 0 heterocycles. The summed E-state index contributed by atoms with van der Waals surface area (Å²) in [7, 11) is -3.83. The van der Waals surface area contributed by atoms with Gasteiger partial charge in [-0.25, -0.2) is 12.8 Å². The van der Waals surface area contributed by atoms with Gasteiger partial charge in [0, 0.05) is 0 Å². The Kier molecular flexibility index (Phi) is 4.29. The van der Waals surface area contributed by atoms with Crippen molar-refractivity contribution in [2.45, 2.75) is 25.3 Å². The van der Waals surface area contributed by atoms with E-state index in [1.54, 1.807) is 26.0 Å². The zero-order chi connectivity index (χ0) is 15.6. The second-order valence-corrected chi connectivity index (χ2v) is 6.42. The first-order valence-electron chi connectivity index (χ1n) is 6.33. The zero-order valence-corrected chi connectivity index (χ0v) is 12.5. The van der Waals surface area contributed by atoms with Gasteiger partial charge >= 0.3 is 0 Å². The van der Waals surface area contributed by atoms with Crippen molar-refractivity contribution in [3.8, 4) is 0 Å². The molecule has 0 fully saturated rings. The summed E-state index contributed by atoms with van der Waals surface area (Å²) in [4.78, 5) is 0.0648. The normalized spacial score (nSPS) is 11.4. The summed E-state index contributed by atoms with van der Waals surface area (Å²) >= 11 is 0. The number of aryl methyl sites for hydroxylation is 1. The van der Waals surface area contributed by atoms with E-state index < -0.39 is 15.8 Å². The topological polar surface area (TPSA) is 66.4 Å². The molecule has 112 valence electrons. The first-order chi connectivity index (χ1) is 9.85. The largest absolute Gasteiger partial charge is 0.392 e. The van der Waals surface area contributed by atoms with Crippen molar-refractivity contribution in [2.75, 3.05) is 4.72 Å². The average Bonchev–Trinajstić information content (AvgIpc) is 2.42. The lowest BCUT2D eigenvalue weighted by Gasteiger charge is -2.13. The van der Waals surface area contributed by atoms with Crippen LogP contribution < -0.4 is 4.72 Å². The second kappa shape index (κ2) is 5.83. The van der Waals surface area contributed by atoms with Gasteiger partial charge in [0.05, 0.1) is 17.2 Å². The van der Waals surface area contributed by atoms with Crippen molar-refractivity contribution >= 4 is 15.7 Å². The highest BCUT2D eigenvalue weighted by Crippen LogP contribution is 2.23. The molecule has 0 bridgehead atoms. The van der Waals surface area contributed by atoms with Crippen LogP contribution >= 0.6 is 0 Å². The molecule has 0 unspecified atom stereocenters. The summed E-state index contributed by atoms with van der Waals surface area (Å²) in [6.07, 6.45) is 0. The van der Waals surface area contributed by atoms with Gasteiger partial charge in [0.25, 0.3) is 10.0 Å². The Bertz CT molecular complexity index is 772. The predicted molar refractivity (Wildman–Crippen MR) is 79.0 cm³/mol. The van der Waals surface area contributed by atoms with Crippen LogP contribution in [-0.4, -0.2) is 13.5 Å². The fourth-order valence-electron chi connectivity index (χ4n) is 1.99. The van der Waals surface area contributed by atoms with Crippen molar-refractivity contribution in [3.63, 3.8) is 0 Å². The summed E-state index contributed by atoms with van der Waals surface area (Å²) < 4.78 is 40.6. The van der Waals surface area contributed by atoms with E-state index in [1.165, 1.54) is 18.2 Å². The summed E-state index contributed by atoms with van der Waals surface area (Å²) in [5.74, 6) is -0.476. The quantitative estimate of drug-likeness (QED) is 0.912. The van der Waals surface area contributed by atoms with Gasteiger partial charge in [-0.05, 0) is 48.7 Å². The Morgan fingerprint density at radius 2 is 1.90 bits per heavy atom. The highest BCUT2D eigenvalue weighted by molar-refractivity contribution is 7.92. The number of benzene rings is 2. The lowest BCUT2D eigenvalue weighted by atomic mass is 10.1. The Balaban J connectivity index is 2.41. The fourth-order valence-corrected chi connectivity index (χ4v) is 3.33. The zero-order valence-electron chi connectivity index (χ0n) is 11.7. The van der Waals surface area contributed by atoms with Crippen LogP contribution in [0, 0.1) is 19.7 Å². The number of hydrogen-bond donors (Lipinski definition) is 2. The lowest BCUT2D eigenvalue weighted by Crippen LogP contribution is -2.15. The molecule has 2 N–H and O–H groups in total. The minimum absolute atomic E-state index is 0.0648. The molecule has 0 spiro atoms. The fraction of sp³-hybridized carbons (Fsp3) is 0.200. The Morgan fingerprint density at radius 1 is 1.19 bits per heavy atom. The Labute approximate surface area is 123 Å². The molecule has 2 aromatic carbocycles. The third kappa shape index (κ3) is 3.22. The Morgan fingerprint density at radius 3 is 2.52 bits per heavy atom. The van der Waals surface area contributed by atoms with Gasteiger partial charge in [-0.3, -0.25) is 4.72 Å². The molecule has 2 aromatic rings. The van der Waals surface area contributed by atoms with Crippen molar-refractivity contribution in [2.24, 2.45) is 0 Å². The van der Waals surface area contributed by atoms with Gasteiger partial charge in [0.1, 0.15) is 5.82 Å². The minimum Gasteiger partial charge on any atom is -0.392 e. The van der Waals surface area contributed by atoms with E-state index in [2.05, 4.69) is 4.72 Å². The first-order valence-corrected chi connectivity index (χ1v) is 7.82. The highest BCUT2D eigenvalue weighted by atomic mass is 32.2. The predicted octanol–water partition coefficient (Wildman–Crippen LogP) is 2.74. The summed E-state index contributed by atoms with van der Waals surface area (Å²) in [6, 6.07) is 8.80. The second-order valence-electron chi connectivity index (χ2n) is 4.77. The van der Waals surface area contributed by atoms with Gasteiger partial charge < -0.3 is 5.11 Å². The van der Waals surface area contributed by atoms with E-state index in [4.69, 9.17) is 0 Å². The Hall–Kier alpha value is -1.92. The molecular formula is C15H16FNO3S. The van der Waals surface area contributed by atoms with Crippen molar-refractivity contribution in [1.82, 2.24) is 0 Å². The van der Waals surface area contributed by atoms with Crippen LogP contribution in [0.3, 0.4) is 0 Å². The summed E-state index contributed by atoms with van der Waals surface area (Å²) in [5, 5.41) is 9.20. The molecule has 0 saturated carbocycles. The molecule has 0 radical (unpaired) electrons. The number of aliphatic hydroxyl groups excluding tert-OH is 1. The molecule has 21 heavy (non-hydrogen) atoms. The monoisotopic (exact) mass is 309 g/mol. The molecule has 0 aliphatic heterocycles. The molecule has 2 rings (SSSR count). The van der Waals surface area contributed by atoms with Crippen molar-refractivity contribution in [1.29, 1.82) is 0 Å². The van der Waals surface area contributed by atoms with Crippen molar-refractivity contribution < 1.29 is 17.9 Å². The molecule has 6 heteroatoms. The SMILES string of the molecule is Cc1ccc(NS(=O)(=O)c2cccc(CO)c2C)cc1F. The smallest absolute Gasteiger partial charge is 0.262 e. The van der Waals surface area contributed by atoms with Crippen LogP contribution in [0.1, 0.15) is 16.7 Å². The van der Waals surface area contributed by atoms with E-state index in [0.29, 0.717) is 16.7 Å². The number of rotatable bonds is 4. The number of nitrogens with one attached hydrogen (secondary N) is 1. The summed E-state index contributed by atoms with van der Waals surface area (Å²) in [6.45, 7) is 2.98. The van der Waals surface area contributed by atoms with E-state index in [-0.39, 0.29) is 17.2 Å². The summed E-state index contributed by atoms with van der Waals surface area (Å²) in [5.41, 5.74) is 1.61. The molecular weight excluding hydrogens is 293 g/mol. The third-order valence-corrected chi connectivity index (χ3v) is 4.81. The maximum Gasteiger partial charge on any atom is 0.262 e. The molecule has 0 aromatic heterocycles. The standard InChI is InChI=1S/C15H16FNO3S/c1-10-6-7-13(8-14(10)16)17-21(19,20)15-5-3-4-12(9-18)11(15)2/h3-8,17-18H,9H2,1-2H3. The molecule has 4 nitrogen and oxygen atoms in total. The third-order valence-electron chi connectivity index (χ3n) is 3.28. The number of sulfonamides is 1. The van der Waals surface area contributed by atoms with Crippen LogP contribution in [-0.2, 0) is 16.6 Å². The molecule has 0 atom stereocenters. The minimum atomic E-state index is -3.83. The maximum absolute atomic E-state index is 13.5. The van der Waals surface area contributed by atoms with E-state index in [9.17, 15) is 17.9 Å². The van der Waals surface area contributed by atoms with Crippen LogP contribution in [0.4, 0.5) is 10.1 Å². The van der Waals surface area contributed by atoms with Gasteiger partial charge in [-0.1, -0.05) is 18.2 Å². The number of aliphatic hydroxyl groups is 1. The average molecular weight is 309 g/mol. The highest BCUT2D eigenvalue weighted by Gasteiger charge is 2.18. The lowest BCUT2D eigenvalue weighted by molar-refractivity contribution is 0.280. The van der Waals surface area contributed by atoms with Crippen LogP contribution in [0.2, 0.25) is 0 Å².